The lowest BCUT2D eigenvalue weighted by Gasteiger charge is -2.32. The number of thiazole rings is 1. The van der Waals surface area contributed by atoms with E-state index in [1.807, 2.05) is 36.1 Å². The van der Waals surface area contributed by atoms with E-state index in [2.05, 4.69) is 15.0 Å². The Hall–Kier alpha value is -2.80. The lowest BCUT2D eigenvalue weighted by atomic mass is 9.94. The maximum Gasteiger partial charge on any atom is 0.273 e. The molecule has 0 N–H and O–H groups in total. The van der Waals surface area contributed by atoms with E-state index < -0.39 is 0 Å². The van der Waals surface area contributed by atoms with Gasteiger partial charge in [0, 0.05) is 36.8 Å². The van der Waals surface area contributed by atoms with Gasteiger partial charge in [0.15, 0.2) is 0 Å². The maximum atomic E-state index is 12.6. The lowest BCUT2D eigenvalue weighted by molar-refractivity contribution is 0.0699. The third-order valence-electron chi connectivity index (χ3n) is 4.67. The van der Waals surface area contributed by atoms with E-state index >= 15 is 0 Å². The summed E-state index contributed by atoms with van der Waals surface area (Å²) in [5.41, 5.74) is 4.17. The molecule has 2 aromatic heterocycles. The number of likely N-dealkylation sites (tertiary alicyclic amines) is 1. The van der Waals surface area contributed by atoms with Crippen molar-refractivity contribution in [3.05, 3.63) is 64.5 Å². The second kappa shape index (κ2) is 7.84. The molecule has 3 aromatic rings. The molecule has 3 heterocycles. The van der Waals surface area contributed by atoms with Crippen LogP contribution in [-0.4, -0.2) is 38.8 Å². The van der Waals surface area contributed by atoms with Crippen molar-refractivity contribution in [1.29, 1.82) is 0 Å². The first-order chi connectivity index (χ1) is 13.2. The minimum atomic E-state index is -0.0224. The van der Waals surface area contributed by atoms with E-state index in [4.69, 9.17) is 4.74 Å². The van der Waals surface area contributed by atoms with Crippen LogP contribution in [0.25, 0.3) is 0 Å². The highest BCUT2D eigenvalue weighted by Crippen LogP contribution is 2.33. The van der Waals surface area contributed by atoms with Crippen molar-refractivity contribution in [1.82, 2.24) is 19.9 Å². The van der Waals surface area contributed by atoms with Crippen LogP contribution in [0.15, 0.2) is 47.5 Å². The first kappa shape index (κ1) is 17.6. The zero-order valence-electron chi connectivity index (χ0n) is 15.0. The van der Waals surface area contributed by atoms with Gasteiger partial charge in [0.2, 0.25) is 5.88 Å². The van der Waals surface area contributed by atoms with E-state index in [-0.39, 0.29) is 11.8 Å². The minimum Gasteiger partial charge on any atom is -0.437 e. The van der Waals surface area contributed by atoms with E-state index in [0.717, 1.165) is 30.8 Å². The van der Waals surface area contributed by atoms with Crippen LogP contribution in [0.4, 0.5) is 0 Å². The Morgan fingerprint density at radius 2 is 2.00 bits per heavy atom. The van der Waals surface area contributed by atoms with Crippen molar-refractivity contribution < 1.29 is 9.53 Å². The van der Waals surface area contributed by atoms with Crippen LogP contribution < -0.4 is 4.74 Å². The standard InChI is InChI=1S/C20H20N4O2S/c1-14-4-6-16(7-5-14)26-19-18(21-8-9-22-19)15-3-2-10-24(11-15)20(25)17-12-27-13-23-17/h4-9,12-13,15H,2-3,10-11H2,1H3/t15-/m0/s1. The van der Waals surface area contributed by atoms with Crippen molar-refractivity contribution in [2.45, 2.75) is 25.7 Å². The van der Waals surface area contributed by atoms with Gasteiger partial charge < -0.3 is 9.64 Å². The second-order valence-corrected chi connectivity index (χ2v) is 7.34. The molecule has 1 atom stereocenters. The molecule has 1 saturated heterocycles. The molecule has 0 radical (unpaired) electrons. The summed E-state index contributed by atoms with van der Waals surface area (Å²) >= 11 is 1.43. The molecule has 0 unspecified atom stereocenters. The summed E-state index contributed by atoms with van der Waals surface area (Å²) in [5, 5.41) is 1.79. The molecule has 1 amide bonds. The van der Waals surface area contributed by atoms with Crippen LogP contribution in [0.3, 0.4) is 0 Å². The van der Waals surface area contributed by atoms with Crippen molar-refractivity contribution >= 4 is 17.2 Å². The molecule has 138 valence electrons. The summed E-state index contributed by atoms with van der Waals surface area (Å²) in [5.74, 6) is 1.31. The van der Waals surface area contributed by atoms with Crippen molar-refractivity contribution in [2.24, 2.45) is 0 Å². The van der Waals surface area contributed by atoms with Crippen LogP contribution in [0.5, 0.6) is 11.6 Å². The number of piperidine rings is 1. The van der Waals surface area contributed by atoms with Crippen molar-refractivity contribution in [2.75, 3.05) is 13.1 Å². The van der Waals surface area contributed by atoms with Crippen molar-refractivity contribution in [3.8, 4) is 11.6 Å². The summed E-state index contributed by atoms with van der Waals surface area (Å²) in [4.78, 5) is 27.6. The number of carbonyl (C=O) groups excluding carboxylic acids is 1. The Morgan fingerprint density at radius 1 is 1.19 bits per heavy atom. The fourth-order valence-electron chi connectivity index (χ4n) is 3.28. The maximum absolute atomic E-state index is 12.6. The Kier molecular flexibility index (Phi) is 5.11. The molecule has 0 bridgehead atoms. The number of carbonyl (C=O) groups is 1. The number of amides is 1. The molecule has 4 rings (SSSR count). The molecule has 7 heteroatoms. The van der Waals surface area contributed by atoms with Gasteiger partial charge in [0.25, 0.3) is 5.91 Å². The van der Waals surface area contributed by atoms with E-state index in [1.54, 1.807) is 23.3 Å². The topological polar surface area (TPSA) is 68.2 Å². The fraction of sp³-hybridized carbons (Fsp3) is 0.300. The molecule has 0 aliphatic carbocycles. The Balaban J connectivity index is 1.54. The number of nitrogens with zero attached hydrogens (tertiary/aromatic N) is 4. The molecule has 1 aromatic carbocycles. The Labute approximate surface area is 161 Å². The number of aromatic nitrogens is 3. The molecule has 0 saturated carbocycles. The van der Waals surface area contributed by atoms with Crippen LogP contribution >= 0.6 is 11.3 Å². The summed E-state index contributed by atoms with van der Waals surface area (Å²) in [6.45, 7) is 3.37. The van der Waals surface area contributed by atoms with Gasteiger partial charge in [-0.2, -0.15) is 0 Å². The van der Waals surface area contributed by atoms with Crippen molar-refractivity contribution in [3.63, 3.8) is 0 Å². The van der Waals surface area contributed by atoms with Gasteiger partial charge in [-0.15, -0.1) is 11.3 Å². The number of rotatable bonds is 4. The summed E-state index contributed by atoms with van der Waals surface area (Å²) < 4.78 is 6.00. The number of hydrogen-bond acceptors (Lipinski definition) is 6. The van der Waals surface area contributed by atoms with E-state index in [1.165, 1.54) is 16.9 Å². The quantitative estimate of drug-likeness (QED) is 0.683. The van der Waals surface area contributed by atoms with Gasteiger partial charge in [0.1, 0.15) is 17.1 Å². The highest BCUT2D eigenvalue weighted by Gasteiger charge is 2.29. The molecular formula is C20H20N4O2S. The molecule has 6 nitrogen and oxygen atoms in total. The largest absolute Gasteiger partial charge is 0.437 e. The van der Waals surface area contributed by atoms with Gasteiger partial charge in [-0.3, -0.25) is 9.78 Å². The fourth-order valence-corrected chi connectivity index (χ4v) is 3.80. The van der Waals surface area contributed by atoms with Crippen LogP contribution in [-0.2, 0) is 0 Å². The summed E-state index contributed by atoms with van der Waals surface area (Å²) in [6, 6.07) is 7.85. The van der Waals surface area contributed by atoms with Gasteiger partial charge in [0.05, 0.1) is 5.51 Å². The Bertz CT molecular complexity index is 912. The molecular weight excluding hydrogens is 360 g/mol. The number of benzene rings is 1. The van der Waals surface area contributed by atoms with Gasteiger partial charge in [-0.1, -0.05) is 17.7 Å². The van der Waals surface area contributed by atoms with Crippen LogP contribution in [0.1, 0.15) is 40.5 Å². The SMILES string of the molecule is Cc1ccc(Oc2nccnc2[C@H]2CCCN(C(=O)c3cscn3)C2)cc1. The molecule has 1 aliphatic rings. The average molecular weight is 380 g/mol. The third kappa shape index (κ3) is 3.98. The molecule has 1 fully saturated rings. The van der Waals surface area contributed by atoms with Gasteiger partial charge in [-0.25, -0.2) is 9.97 Å². The highest BCUT2D eigenvalue weighted by molar-refractivity contribution is 7.07. The number of ether oxygens (including phenoxy) is 1. The summed E-state index contributed by atoms with van der Waals surface area (Å²) in [7, 11) is 0. The van der Waals surface area contributed by atoms with E-state index in [9.17, 15) is 4.79 Å². The normalized spacial score (nSPS) is 16.9. The van der Waals surface area contributed by atoms with Crippen LogP contribution in [0.2, 0.25) is 0 Å². The lowest BCUT2D eigenvalue weighted by Crippen LogP contribution is -2.39. The molecule has 0 spiro atoms. The molecule has 27 heavy (non-hydrogen) atoms. The van der Waals surface area contributed by atoms with Crippen LogP contribution in [0, 0.1) is 6.92 Å². The minimum absolute atomic E-state index is 0.0224. The van der Waals surface area contributed by atoms with Gasteiger partial charge >= 0.3 is 0 Å². The Morgan fingerprint density at radius 3 is 2.78 bits per heavy atom. The number of aryl methyl sites for hydroxylation is 1. The monoisotopic (exact) mass is 380 g/mol. The van der Waals surface area contributed by atoms with Gasteiger partial charge in [-0.05, 0) is 31.9 Å². The average Bonchev–Trinajstić information content (AvgIpc) is 3.24. The smallest absolute Gasteiger partial charge is 0.273 e. The first-order valence-corrected chi connectivity index (χ1v) is 9.88. The number of hydrogen-bond donors (Lipinski definition) is 0. The molecule has 1 aliphatic heterocycles. The second-order valence-electron chi connectivity index (χ2n) is 6.63. The zero-order chi connectivity index (χ0) is 18.6. The predicted octanol–water partition coefficient (Wildman–Crippen LogP) is 4.05. The highest BCUT2D eigenvalue weighted by atomic mass is 32.1. The first-order valence-electron chi connectivity index (χ1n) is 8.93. The van der Waals surface area contributed by atoms with E-state index in [0.29, 0.717) is 18.1 Å². The summed E-state index contributed by atoms with van der Waals surface area (Å²) in [6.07, 6.45) is 5.18. The predicted molar refractivity (Wildman–Crippen MR) is 103 cm³/mol. The third-order valence-corrected chi connectivity index (χ3v) is 5.26. The zero-order valence-corrected chi connectivity index (χ0v) is 15.9.